The first-order valence-electron chi connectivity index (χ1n) is 5.64. The van der Waals surface area contributed by atoms with Crippen molar-refractivity contribution in [1.29, 1.82) is 0 Å². The topological polar surface area (TPSA) is 38.3 Å². The number of halogens is 7. The van der Waals surface area contributed by atoms with Crippen molar-refractivity contribution in [2.45, 2.75) is 48.2 Å². The van der Waals surface area contributed by atoms with Crippen LogP contribution in [0.2, 0.25) is 0 Å². The zero-order valence-electron chi connectivity index (χ0n) is 9.98. The largest absolute Gasteiger partial charge is 0.461 e. The molecule has 0 aromatic rings. The van der Waals surface area contributed by atoms with Gasteiger partial charge in [-0.05, 0) is 6.42 Å². The fraction of sp³-hybridized carbons (Fsp3) is 0.900. The van der Waals surface area contributed by atoms with E-state index in [-0.39, 0.29) is 0 Å². The van der Waals surface area contributed by atoms with Crippen LogP contribution >= 0.6 is 15.9 Å². The van der Waals surface area contributed by atoms with E-state index in [2.05, 4.69) is 15.9 Å². The lowest BCUT2D eigenvalue weighted by Crippen LogP contribution is -2.70. The third-order valence-electron chi connectivity index (χ3n) is 3.78. The summed E-state index contributed by atoms with van der Waals surface area (Å²) in [5, 5.41) is 1.61. The van der Waals surface area contributed by atoms with E-state index in [9.17, 15) is 31.1 Å². The van der Waals surface area contributed by atoms with Crippen molar-refractivity contribution in [3.63, 3.8) is 0 Å². The Kier molecular flexibility index (Phi) is 3.56. The van der Waals surface area contributed by atoms with Gasteiger partial charge in [0.2, 0.25) is 5.54 Å². The number of carbonyl (C=O) groups excluding carboxylic acids is 1. The monoisotopic (exact) mass is 369 g/mol. The molecule has 2 rings (SSSR count). The number of hydrogen-bond acceptors (Lipinski definition) is 3. The molecule has 0 aromatic carbocycles. The van der Waals surface area contributed by atoms with Crippen molar-refractivity contribution >= 4 is 21.9 Å². The second-order valence-corrected chi connectivity index (χ2v) is 5.97. The molecule has 1 aliphatic heterocycles. The van der Waals surface area contributed by atoms with Crippen LogP contribution in [0.3, 0.4) is 0 Å². The number of piperidine rings is 1. The van der Waals surface area contributed by atoms with Crippen LogP contribution < -0.4 is 5.32 Å². The van der Waals surface area contributed by atoms with Gasteiger partial charge < -0.3 is 4.74 Å². The summed E-state index contributed by atoms with van der Waals surface area (Å²) in [6.07, 6.45) is -12.5. The molecule has 1 saturated heterocycles. The Morgan fingerprint density at radius 1 is 1.25 bits per heavy atom. The lowest BCUT2D eigenvalue weighted by Gasteiger charge is -2.42. The number of ether oxygens (including phenoxy) is 1. The third kappa shape index (κ3) is 2.02. The Morgan fingerprint density at radius 2 is 1.75 bits per heavy atom. The fourth-order valence-electron chi connectivity index (χ4n) is 3.02. The highest BCUT2D eigenvalue weighted by molar-refractivity contribution is 9.09. The molecule has 116 valence electrons. The van der Waals surface area contributed by atoms with Crippen molar-refractivity contribution < 1.29 is 35.9 Å². The van der Waals surface area contributed by atoms with Gasteiger partial charge in [-0.1, -0.05) is 15.9 Å². The minimum atomic E-state index is -5.49. The Morgan fingerprint density at radius 3 is 2.05 bits per heavy atom. The first-order valence-corrected chi connectivity index (χ1v) is 6.56. The molecule has 0 radical (unpaired) electrons. The van der Waals surface area contributed by atoms with Crippen LogP contribution in [0.1, 0.15) is 13.3 Å². The summed E-state index contributed by atoms with van der Waals surface area (Å²) in [7, 11) is 0. The molecule has 1 N–H and O–H groups in total. The number of rotatable bonds is 1. The van der Waals surface area contributed by atoms with Gasteiger partial charge in [0.15, 0.2) is 0 Å². The first-order chi connectivity index (χ1) is 8.92. The van der Waals surface area contributed by atoms with Crippen molar-refractivity contribution in [1.82, 2.24) is 5.32 Å². The molecular formula is C10H10BrF6NO2. The summed E-state index contributed by atoms with van der Waals surface area (Å²) in [6.45, 7) is 1.05. The average molecular weight is 370 g/mol. The van der Waals surface area contributed by atoms with Gasteiger partial charge in [-0.3, -0.25) is 10.1 Å². The predicted octanol–water partition coefficient (Wildman–Crippen LogP) is 2.54. The number of esters is 1. The van der Waals surface area contributed by atoms with E-state index in [1.807, 2.05) is 0 Å². The highest BCUT2D eigenvalue weighted by Gasteiger charge is 2.81. The van der Waals surface area contributed by atoms with Crippen LogP contribution in [0.25, 0.3) is 0 Å². The molecular weight excluding hydrogens is 360 g/mol. The molecule has 0 aromatic heterocycles. The Labute approximate surface area is 118 Å². The zero-order chi connectivity index (χ0) is 15.5. The van der Waals surface area contributed by atoms with Gasteiger partial charge in [-0.2, -0.15) is 26.3 Å². The second kappa shape index (κ2) is 4.49. The molecule has 20 heavy (non-hydrogen) atoms. The molecule has 2 fully saturated rings. The molecule has 1 saturated carbocycles. The van der Waals surface area contributed by atoms with Crippen LogP contribution in [-0.2, 0) is 9.53 Å². The Hall–Kier alpha value is -0.510. The van der Waals surface area contributed by atoms with Gasteiger partial charge >= 0.3 is 18.3 Å². The number of nitrogens with one attached hydrogen (secondary N) is 1. The summed E-state index contributed by atoms with van der Waals surface area (Å²) >= 11 is 2.87. The number of hydrogen-bond donors (Lipinski definition) is 1. The molecule has 1 aliphatic carbocycles. The highest BCUT2D eigenvalue weighted by atomic mass is 79.9. The molecule has 3 nitrogen and oxygen atoms in total. The summed E-state index contributed by atoms with van der Waals surface area (Å²) in [5.41, 5.74) is -3.96. The summed E-state index contributed by atoms with van der Waals surface area (Å²) in [6, 6.07) is -1.23. The lowest BCUT2D eigenvalue weighted by atomic mass is 9.82. The van der Waals surface area contributed by atoms with Gasteiger partial charge in [0.1, 0.15) is 6.10 Å². The molecule has 0 amide bonds. The van der Waals surface area contributed by atoms with Gasteiger partial charge in [0.05, 0.1) is 6.04 Å². The molecule has 0 spiro atoms. The van der Waals surface area contributed by atoms with Crippen LogP contribution in [0.15, 0.2) is 0 Å². The molecule has 2 aliphatic rings. The standard InChI is InChI=1S/C10H10BrF6NO2/c1-3(19)20-5-2-4-6(11)7(5)18-8(4,9(12,13)14)10(15,16)17/h4-7,18H,2H2,1H3/t4-,5-,6+,7-/m1/s1. The fourth-order valence-corrected chi connectivity index (χ4v) is 4.10. The molecule has 0 unspecified atom stereocenters. The van der Waals surface area contributed by atoms with Gasteiger partial charge in [-0.25, -0.2) is 0 Å². The maximum absolute atomic E-state index is 13.0. The van der Waals surface area contributed by atoms with Gasteiger partial charge in [0, 0.05) is 17.7 Å². The normalized spacial score (nSPS) is 36.2. The minimum Gasteiger partial charge on any atom is -0.461 e. The molecule has 2 bridgehead atoms. The quantitative estimate of drug-likeness (QED) is 0.438. The van der Waals surface area contributed by atoms with Crippen LogP contribution in [0, 0.1) is 5.92 Å². The smallest absolute Gasteiger partial charge is 0.415 e. The summed E-state index contributed by atoms with van der Waals surface area (Å²) in [5.74, 6) is -2.52. The number of fused-ring (bicyclic) bond motifs is 2. The van der Waals surface area contributed by atoms with Crippen molar-refractivity contribution in [2.24, 2.45) is 5.92 Å². The first kappa shape index (κ1) is 15.9. The highest BCUT2D eigenvalue weighted by Crippen LogP contribution is 2.59. The molecule has 10 heteroatoms. The SMILES string of the molecule is CC(=O)O[C@@H]1C[C@@H]2[C@H](Br)[C@@H]1NC2(C(F)(F)F)C(F)(F)F. The van der Waals surface area contributed by atoms with E-state index in [1.165, 1.54) is 0 Å². The maximum Gasteiger partial charge on any atom is 0.415 e. The van der Waals surface area contributed by atoms with Crippen molar-refractivity contribution in [2.75, 3.05) is 0 Å². The Bertz CT molecular complexity index is 409. The predicted molar refractivity (Wildman–Crippen MR) is 58.1 cm³/mol. The summed E-state index contributed by atoms with van der Waals surface area (Å²) < 4.78 is 82.9. The van der Waals surface area contributed by atoms with Crippen molar-refractivity contribution in [3.8, 4) is 0 Å². The zero-order valence-corrected chi connectivity index (χ0v) is 11.6. The van der Waals surface area contributed by atoms with E-state index in [0.717, 1.165) is 6.92 Å². The Balaban J connectivity index is 2.37. The lowest BCUT2D eigenvalue weighted by molar-refractivity contribution is -0.320. The molecule has 1 heterocycles. The minimum absolute atomic E-state index is 0.494. The maximum atomic E-state index is 13.0. The second-order valence-electron chi connectivity index (χ2n) is 4.91. The van der Waals surface area contributed by atoms with E-state index < -0.39 is 53.2 Å². The van der Waals surface area contributed by atoms with Crippen LogP contribution in [0.5, 0.6) is 0 Å². The van der Waals surface area contributed by atoms with E-state index in [4.69, 9.17) is 4.74 Å². The van der Waals surface area contributed by atoms with Crippen molar-refractivity contribution in [3.05, 3.63) is 0 Å². The van der Waals surface area contributed by atoms with Gasteiger partial charge in [-0.15, -0.1) is 0 Å². The van der Waals surface area contributed by atoms with E-state index in [0.29, 0.717) is 0 Å². The summed E-state index contributed by atoms with van der Waals surface area (Å²) in [4.78, 5) is 9.75. The average Bonchev–Trinajstić information content (AvgIpc) is 2.66. The van der Waals surface area contributed by atoms with Crippen LogP contribution in [-0.4, -0.2) is 40.8 Å². The number of alkyl halides is 7. The third-order valence-corrected chi connectivity index (χ3v) is 4.98. The van der Waals surface area contributed by atoms with E-state index in [1.54, 1.807) is 5.32 Å². The molecule has 4 atom stereocenters. The number of carbonyl (C=O) groups is 1. The van der Waals surface area contributed by atoms with E-state index >= 15 is 0 Å². The van der Waals surface area contributed by atoms with Crippen LogP contribution in [0.4, 0.5) is 26.3 Å². The van der Waals surface area contributed by atoms with Gasteiger partial charge in [0.25, 0.3) is 0 Å².